The Labute approximate surface area is 151 Å². The van der Waals surface area contributed by atoms with Gasteiger partial charge in [0.15, 0.2) is 5.82 Å². The minimum atomic E-state index is -0.258. The van der Waals surface area contributed by atoms with Crippen LogP contribution >= 0.6 is 11.6 Å². The molecule has 5 nitrogen and oxygen atoms in total. The van der Waals surface area contributed by atoms with Crippen LogP contribution in [0.1, 0.15) is 21.5 Å². The van der Waals surface area contributed by atoms with Crippen LogP contribution in [-0.4, -0.2) is 16.1 Å². The summed E-state index contributed by atoms with van der Waals surface area (Å²) in [4.78, 5) is 12.1. The fraction of sp³-hybridized carbons (Fsp3) is 0.105. The van der Waals surface area contributed by atoms with E-state index in [0.29, 0.717) is 28.8 Å². The first kappa shape index (κ1) is 16.9. The number of hydrogen-bond donors (Lipinski definition) is 2. The highest BCUT2D eigenvalue weighted by atomic mass is 35.5. The molecule has 0 aliphatic heterocycles. The molecule has 0 aliphatic rings. The average Bonchev–Trinajstić information content (AvgIpc) is 2.63. The van der Waals surface area contributed by atoms with Gasteiger partial charge in [0.2, 0.25) is 0 Å². The van der Waals surface area contributed by atoms with Gasteiger partial charge in [-0.05, 0) is 48.9 Å². The molecule has 2 N–H and O–H groups in total. The highest BCUT2D eigenvalue weighted by molar-refractivity contribution is 6.30. The van der Waals surface area contributed by atoms with E-state index >= 15 is 0 Å². The van der Waals surface area contributed by atoms with Gasteiger partial charge in [0.1, 0.15) is 5.82 Å². The molecule has 3 rings (SSSR count). The number of carbonyl (C=O) groups excluding carboxylic acids is 1. The lowest BCUT2D eigenvalue weighted by atomic mass is 10.1. The lowest BCUT2D eigenvalue weighted by Gasteiger charge is -2.07. The third-order valence-electron chi connectivity index (χ3n) is 3.61. The van der Waals surface area contributed by atoms with E-state index in [4.69, 9.17) is 11.6 Å². The summed E-state index contributed by atoms with van der Waals surface area (Å²) >= 11 is 5.81. The molecule has 6 heteroatoms. The van der Waals surface area contributed by atoms with Gasteiger partial charge in [0.25, 0.3) is 5.91 Å². The van der Waals surface area contributed by atoms with Crippen LogP contribution in [-0.2, 0) is 6.54 Å². The molecule has 1 heterocycles. The molecule has 0 atom stereocenters. The molecule has 0 spiro atoms. The number of halogens is 1. The van der Waals surface area contributed by atoms with Gasteiger partial charge in [-0.15, -0.1) is 10.2 Å². The van der Waals surface area contributed by atoms with E-state index in [9.17, 15) is 4.79 Å². The second kappa shape index (κ2) is 7.77. The van der Waals surface area contributed by atoms with Crippen LogP contribution in [0, 0.1) is 6.92 Å². The number of carbonyl (C=O) groups is 1. The van der Waals surface area contributed by atoms with Crippen molar-refractivity contribution in [3.8, 4) is 0 Å². The van der Waals surface area contributed by atoms with E-state index < -0.39 is 0 Å². The van der Waals surface area contributed by atoms with Crippen molar-refractivity contribution in [2.24, 2.45) is 0 Å². The topological polar surface area (TPSA) is 66.9 Å². The molecule has 0 radical (unpaired) electrons. The number of hydrogen-bond acceptors (Lipinski definition) is 4. The summed E-state index contributed by atoms with van der Waals surface area (Å²) in [6.45, 7) is 2.71. The van der Waals surface area contributed by atoms with E-state index in [1.54, 1.807) is 36.4 Å². The minimum absolute atomic E-state index is 0.258. The van der Waals surface area contributed by atoms with Crippen LogP contribution < -0.4 is 10.6 Å². The second-order valence-corrected chi connectivity index (χ2v) is 6.04. The summed E-state index contributed by atoms with van der Waals surface area (Å²) in [5.74, 6) is 0.775. The zero-order chi connectivity index (χ0) is 17.6. The lowest BCUT2D eigenvalue weighted by molar-refractivity contribution is 0.102. The number of nitrogens with zero attached hydrogens (tertiary/aromatic N) is 2. The number of nitrogens with one attached hydrogen (secondary N) is 2. The third-order valence-corrected chi connectivity index (χ3v) is 3.86. The molecule has 1 amide bonds. The molecule has 25 heavy (non-hydrogen) atoms. The summed E-state index contributed by atoms with van der Waals surface area (Å²) in [6, 6.07) is 18.4. The van der Waals surface area contributed by atoms with Gasteiger partial charge in [-0.3, -0.25) is 4.79 Å². The van der Waals surface area contributed by atoms with Crippen molar-refractivity contribution in [2.75, 3.05) is 10.6 Å². The Morgan fingerprint density at radius 1 is 0.920 bits per heavy atom. The predicted octanol–water partition coefficient (Wildman–Crippen LogP) is 4.30. The second-order valence-electron chi connectivity index (χ2n) is 5.60. The van der Waals surface area contributed by atoms with Crippen LogP contribution in [0.3, 0.4) is 0 Å². The summed E-state index contributed by atoms with van der Waals surface area (Å²) in [7, 11) is 0. The summed E-state index contributed by atoms with van der Waals surface area (Å²) in [6.07, 6.45) is 0. The smallest absolute Gasteiger partial charge is 0.256 e. The average molecular weight is 353 g/mol. The van der Waals surface area contributed by atoms with Crippen molar-refractivity contribution in [1.82, 2.24) is 10.2 Å². The molecule has 0 aliphatic carbocycles. The zero-order valence-corrected chi connectivity index (χ0v) is 14.4. The van der Waals surface area contributed by atoms with Crippen molar-refractivity contribution in [1.29, 1.82) is 0 Å². The van der Waals surface area contributed by atoms with Crippen LogP contribution in [0.4, 0.5) is 11.6 Å². The van der Waals surface area contributed by atoms with Crippen LogP contribution in [0.5, 0.6) is 0 Å². The first-order valence-corrected chi connectivity index (χ1v) is 8.18. The normalized spacial score (nSPS) is 10.3. The monoisotopic (exact) mass is 352 g/mol. The van der Waals surface area contributed by atoms with Crippen LogP contribution in [0.15, 0.2) is 60.7 Å². The molecule has 0 bridgehead atoms. The Morgan fingerprint density at radius 3 is 2.20 bits per heavy atom. The standard InChI is InChI=1S/C19H17ClN4O/c1-13-2-4-14(5-3-13)12-21-17-10-11-18(24-23-17)22-19(25)15-6-8-16(20)9-7-15/h2-11H,12H2,1H3,(H,21,23)(H,22,24,25). The molecule has 0 saturated heterocycles. The Kier molecular flexibility index (Phi) is 5.26. The molecule has 0 fully saturated rings. The maximum absolute atomic E-state index is 12.1. The van der Waals surface area contributed by atoms with Crippen molar-refractivity contribution < 1.29 is 4.79 Å². The van der Waals surface area contributed by atoms with Gasteiger partial charge in [-0.1, -0.05) is 41.4 Å². The van der Waals surface area contributed by atoms with Gasteiger partial charge in [-0.25, -0.2) is 0 Å². The van der Waals surface area contributed by atoms with Crippen molar-refractivity contribution in [3.63, 3.8) is 0 Å². The quantitative estimate of drug-likeness (QED) is 0.718. The zero-order valence-electron chi connectivity index (χ0n) is 13.7. The van der Waals surface area contributed by atoms with Gasteiger partial charge in [0.05, 0.1) is 0 Å². The van der Waals surface area contributed by atoms with Crippen molar-refractivity contribution in [2.45, 2.75) is 13.5 Å². The Balaban J connectivity index is 1.57. The van der Waals surface area contributed by atoms with Gasteiger partial charge in [0, 0.05) is 17.1 Å². The highest BCUT2D eigenvalue weighted by Crippen LogP contribution is 2.12. The van der Waals surface area contributed by atoms with E-state index in [0.717, 1.165) is 5.56 Å². The van der Waals surface area contributed by atoms with Gasteiger partial charge in [-0.2, -0.15) is 0 Å². The number of amides is 1. The first-order chi connectivity index (χ1) is 12.1. The number of benzene rings is 2. The molecule has 1 aromatic heterocycles. The molecule has 126 valence electrons. The molecular weight excluding hydrogens is 336 g/mol. The van der Waals surface area contributed by atoms with Crippen LogP contribution in [0.25, 0.3) is 0 Å². The molecule has 3 aromatic rings. The predicted molar refractivity (Wildman–Crippen MR) is 99.9 cm³/mol. The molecule has 0 unspecified atom stereocenters. The Hall–Kier alpha value is -2.92. The van der Waals surface area contributed by atoms with E-state index in [1.807, 2.05) is 0 Å². The molecule has 2 aromatic carbocycles. The maximum Gasteiger partial charge on any atom is 0.256 e. The number of aryl methyl sites for hydroxylation is 1. The fourth-order valence-corrected chi connectivity index (χ4v) is 2.31. The number of rotatable bonds is 5. The third kappa shape index (κ3) is 4.78. The maximum atomic E-state index is 12.1. The van der Waals surface area contributed by atoms with E-state index in [2.05, 4.69) is 52.0 Å². The summed E-state index contributed by atoms with van der Waals surface area (Å²) in [5.41, 5.74) is 2.89. The Bertz CT molecular complexity index is 846. The van der Waals surface area contributed by atoms with Gasteiger partial charge < -0.3 is 10.6 Å². The van der Waals surface area contributed by atoms with E-state index in [1.165, 1.54) is 5.56 Å². The SMILES string of the molecule is Cc1ccc(CNc2ccc(NC(=O)c3ccc(Cl)cc3)nn2)cc1. The van der Waals surface area contributed by atoms with Crippen molar-refractivity contribution >= 4 is 29.1 Å². The molecular formula is C19H17ClN4O. The highest BCUT2D eigenvalue weighted by Gasteiger charge is 2.07. The minimum Gasteiger partial charge on any atom is -0.365 e. The molecule has 0 saturated carbocycles. The fourth-order valence-electron chi connectivity index (χ4n) is 2.18. The lowest BCUT2D eigenvalue weighted by Crippen LogP contribution is -2.13. The largest absolute Gasteiger partial charge is 0.365 e. The van der Waals surface area contributed by atoms with Crippen molar-refractivity contribution in [3.05, 3.63) is 82.4 Å². The van der Waals surface area contributed by atoms with E-state index in [-0.39, 0.29) is 5.91 Å². The first-order valence-electron chi connectivity index (χ1n) is 7.80. The number of anilines is 2. The Morgan fingerprint density at radius 2 is 1.56 bits per heavy atom. The van der Waals surface area contributed by atoms with Gasteiger partial charge >= 0.3 is 0 Å². The number of aromatic nitrogens is 2. The summed E-state index contributed by atoms with van der Waals surface area (Å²) in [5, 5.41) is 14.6. The van der Waals surface area contributed by atoms with Crippen LogP contribution in [0.2, 0.25) is 5.02 Å². The summed E-state index contributed by atoms with van der Waals surface area (Å²) < 4.78 is 0.